The van der Waals surface area contributed by atoms with Crippen molar-refractivity contribution in [1.29, 1.82) is 0 Å². The number of carbonyl (C=O) groups excluding carboxylic acids is 1. The number of anilines is 3. The second kappa shape index (κ2) is 12.4. The quantitative estimate of drug-likeness (QED) is 0.188. The fourth-order valence-electron chi connectivity index (χ4n) is 8.54. The summed E-state index contributed by atoms with van der Waals surface area (Å²) in [6.45, 7) is 10.6. The average Bonchev–Trinajstić information content (AvgIpc) is 3.76. The van der Waals surface area contributed by atoms with Crippen LogP contribution in [0, 0.1) is 0 Å². The summed E-state index contributed by atoms with van der Waals surface area (Å²) in [7, 11) is -2.14. The van der Waals surface area contributed by atoms with Crippen molar-refractivity contribution in [2.45, 2.75) is 51.3 Å². The zero-order chi connectivity index (χ0) is 36.6. The van der Waals surface area contributed by atoms with E-state index in [0.29, 0.717) is 35.8 Å². The number of H-pyrrole nitrogens is 1. The van der Waals surface area contributed by atoms with Gasteiger partial charge in [-0.05, 0) is 93.0 Å². The maximum Gasteiger partial charge on any atom is 0.251 e. The Hall–Kier alpha value is -5.72. The van der Waals surface area contributed by atoms with E-state index in [2.05, 4.69) is 96.7 Å². The Morgan fingerprint density at radius 3 is 2.19 bits per heavy atom. The molecule has 54 heavy (non-hydrogen) atoms. The molecular weight excluding hydrogens is 693 g/mol. The molecule has 1 spiro atoms. The lowest BCUT2D eigenvalue weighted by molar-refractivity contribution is 0.0276. The van der Waals surface area contributed by atoms with E-state index in [0.717, 1.165) is 48.4 Å². The minimum atomic E-state index is -2.14. The number of imidazole rings is 1. The predicted octanol–water partition coefficient (Wildman–Crippen LogP) is 4.82. The van der Waals surface area contributed by atoms with Gasteiger partial charge in [0.25, 0.3) is 5.91 Å². The summed E-state index contributed by atoms with van der Waals surface area (Å²) in [5.41, 5.74) is 15.9. The maximum absolute atomic E-state index is 13.8. The fraction of sp³-hybridized carbons (Fsp3) is 0.286. The second-order valence-corrected chi connectivity index (χ2v) is 19.7. The van der Waals surface area contributed by atoms with Crippen LogP contribution in [-0.2, 0) is 30.1 Å². The molecule has 4 aliphatic rings. The van der Waals surface area contributed by atoms with Crippen molar-refractivity contribution in [2.24, 2.45) is 0 Å². The Morgan fingerprint density at radius 1 is 0.870 bits per heavy atom. The number of carbonyl (C=O) groups is 1. The van der Waals surface area contributed by atoms with Crippen molar-refractivity contribution < 1.29 is 14.3 Å². The van der Waals surface area contributed by atoms with Crippen LogP contribution in [0.5, 0.6) is 5.88 Å². The lowest BCUT2D eigenvalue weighted by Crippen LogP contribution is -2.63. The summed E-state index contributed by atoms with van der Waals surface area (Å²) in [5.74, 6) is 0.324. The van der Waals surface area contributed by atoms with Gasteiger partial charge >= 0.3 is 0 Å². The number of aromatic nitrogens is 4. The van der Waals surface area contributed by atoms with Crippen LogP contribution in [0.1, 0.15) is 56.6 Å². The van der Waals surface area contributed by atoms with Crippen molar-refractivity contribution in [3.05, 3.63) is 124 Å². The molecule has 0 bridgehead atoms. The molecule has 11 nitrogen and oxygen atoms in total. The van der Waals surface area contributed by atoms with Gasteiger partial charge < -0.3 is 35.3 Å². The summed E-state index contributed by atoms with van der Waals surface area (Å²) >= 11 is 0. The summed E-state index contributed by atoms with van der Waals surface area (Å²) in [6.07, 6.45) is 4.01. The van der Waals surface area contributed by atoms with E-state index in [9.17, 15) is 4.79 Å². The largest absolute Gasteiger partial charge is 0.471 e. The van der Waals surface area contributed by atoms with Gasteiger partial charge in [0, 0.05) is 49.7 Å². The highest BCUT2D eigenvalue weighted by Crippen LogP contribution is 2.50. The summed E-state index contributed by atoms with van der Waals surface area (Å²) < 4.78 is 13.0. The topological polar surface area (TPSA) is 135 Å². The number of ether oxygens (including phenoxy) is 2. The predicted molar refractivity (Wildman–Crippen MR) is 212 cm³/mol. The van der Waals surface area contributed by atoms with Crippen LogP contribution < -0.4 is 36.0 Å². The Bertz CT molecular complexity index is 2390. The van der Waals surface area contributed by atoms with Gasteiger partial charge in [0.05, 0.1) is 12.9 Å². The normalized spacial score (nSPS) is 17.4. The molecule has 4 aromatic carbocycles. The number of nitrogens with one attached hydrogen (secondary N) is 2. The molecule has 0 aliphatic carbocycles. The summed E-state index contributed by atoms with van der Waals surface area (Å²) in [6, 6.07) is 28.2. The lowest BCUT2D eigenvalue weighted by Gasteiger charge is -2.46. The zero-order valence-corrected chi connectivity index (χ0v) is 31.5. The summed E-state index contributed by atoms with van der Waals surface area (Å²) in [4.78, 5) is 34.3. The minimum Gasteiger partial charge on any atom is -0.471 e. The van der Waals surface area contributed by atoms with E-state index in [1.165, 1.54) is 52.0 Å². The van der Waals surface area contributed by atoms with Gasteiger partial charge in [-0.15, -0.1) is 0 Å². The third kappa shape index (κ3) is 5.18. The van der Waals surface area contributed by atoms with Gasteiger partial charge in [0.15, 0.2) is 11.2 Å². The lowest BCUT2D eigenvalue weighted by atomic mass is 9.78. The molecule has 2 fully saturated rings. The molecule has 0 unspecified atom stereocenters. The first-order chi connectivity index (χ1) is 26.3. The molecule has 0 radical (unpaired) electrons. The van der Waals surface area contributed by atoms with Crippen molar-refractivity contribution in [1.82, 2.24) is 25.3 Å². The summed E-state index contributed by atoms with van der Waals surface area (Å²) in [5, 5.41) is 6.00. The number of benzene rings is 4. The molecule has 0 saturated carbocycles. The van der Waals surface area contributed by atoms with Crippen LogP contribution in [0.4, 0.5) is 17.3 Å². The zero-order valence-electron chi connectivity index (χ0n) is 30.5. The first-order valence-electron chi connectivity index (χ1n) is 18.8. The van der Waals surface area contributed by atoms with Gasteiger partial charge in [-0.25, -0.2) is 4.98 Å². The highest BCUT2D eigenvalue weighted by Gasteiger charge is 2.53. The SMILES string of the molecule is C[Si]1(C)c2cc(N3CCC3)ccc2C2(OCc3ccc(C(=O)NCc4ccc(COc5nc(N)nc6[nH]cnc56)cc4)cc32)c2ccc(N3CCC3)cc21. The van der Waals surface area contributed by atoms with E-state index in [1.807, 2.05) is 30.3 Å². The molecular formula is C42H42N8O3Si. The van der Waals surface area contributed by atoms with Crippen LogP contribution in [-0.4, -0.2) is 60.1 Å². The van der Waals surface area contributed by atoms with Gasteiger partial charge in [0.2, 0.25) is 11.8 Å². The van der Waals surface area contributed by atoms with Crippen molar-refractivity contribution in [3.8, 4) is 5.88 Å². The average molecular weight is 735 g/mol. The molecule has 12 heteroatoms. The third-order valence-corrected chi connectivity index (χ3v) is 15.4. The van der Waals surface area contributed by atoms with Crippen molar-refractivity contribution in [2.75, 3.05) is 41.7 Å². The van der Waals surface area contributed by atoms with Crippen molar-refractivity contribution >= 4 is 52.8 Å². The highest BCUT2D eigenvalue weighted by molar-refractivity contribution is 7.01. The Kier molecular flexibility index (Phi) is 7.57. The fourth-order valence-corrected chi connectivity index (χ4v) is 11.7. The van der Waals surface area contributed by atoms with E-state index >= 15 is 0 Å². The number of nitrogen functional groups attached to an aromatic ring is 1. The first-order valence-corrected chi connectivity index (χ1v) is 21.8. The van der Waals surface area contributed by atoms with Crippen LogP contribution in [0.15, 0.2) is 85.2 Å². The Labute approximate surface area is 314 Å². The molecule has 4 N–H and O–H groups in total. The molecule has 6 heterocycles. The van der Waals surface area contributed by atoms with E-state index in [1.54, 1.807) is 0 Å². The molecule has 10 rings (SSSR count). The van der Waals surface area contributed by atoms with Crippen LogP contribution in [0.2, 0.25) is 13.1 Å². The number of hydrogen-bond donors (Lipinski definition) is 3. The first kappa shape index (κ1) is 32.9. The van der Waals surface area contributed by atoms with E-state index < -0.39 is 13.7 Å². The number of amides is 1. The smallest absolute Gasteiger partial charge is 0.251 e. The number of hydrogen-bond acceptors (Lipinski definition) is 9. The molecule has 6 aromatic rings. The van der Waals surface area contributed by atoms with Gasteiger partial charge in [-0.1, -0.05) is 55.6 Å². The number of nitrogens with zero attached hydrogens (tertiary/aromatic N) is 5. The highest BCUT2D eigenvalue weighted by atomic mass is 28.3. The number of fused-ring (bicyclic) bond motifs is 7. The van der Waals surface area contributed by atoms with Crippen LogP contribution in [0.3, 0.4) is 0 Å². The molecule has 0 atom stereocenters. The maximum atomic E-state index is 13.8. The van der Waals surface area contributed by atoms with Crippen LogP contribution >= 0.6 is 0 Å². The van der Waals surface area contributed by atoms with Gasteiger partial charge in [-0.2, -0.15) is 9.97 Å². The monoisotopic (exact) mass is 734 g/mol. The number of rotatable bonds is 8. The van der Waals surface area contributed by atoms with E-state index in [-0.39, 0.29) is 18.5 Å². The number of aromatic amines is 1. The van der Waals surface area contributed by atoms with Gasteiger partial charge in [-0.3, -0.25) is 4.79 Å². The molecule has 272 valence electrons. The Balaban J connectivity index is 0.926. The second-order valence-electron chi connectivity index (χ2n) is 15.4. The molecule has 4 aliphatic heterocycles. The Morgan fingerprint density at radius 2 is 1.54 bits per heavy atom. The number of nitrogens with two attached hydrogens (primary N) is 1. The molecule has 2 aromatic heterocycles. The van der Waals surface area contributed by atoms with Crippen molar-refractivity contribution in [3.63, 3.8) is 0 Å². The minimum absolute atomic E-state index is 0.116. The molecule has 2 saturated heterocycles. The third-order valence-electron chi connectivity index (χ3n) is 11.9. The van der Waals surface area contributed by atoms with Crippen LogP contribution in [0.25, 0.3) is 11.2 Å². The molecule has 1 amide bonds. The van der Waals surface area contributed by atoms with E-state index in [4.69, 9.17) is 15.2 Å². The standard InChI is InChI=1S/C42H42N8O3Si/c1-54(2)35-20-30(49-15-3-16-49)11-13-32(35)42(33-14-12-31(21-36(33)54)50-17-4-18-50)34-19-28(9-10-29(34)24-53-42)39(51)44-22-26-5-7-27(8-6-26)23-52-40-37-38(46-25-45-37)47-41(43)48-40/h5-14,19-21,25H,3-4,15-18,22-24H2,1-2H3,(H,44,51)(H3,43,45,46,47,48). The van der Waals surface area contributed by atoms with Gasteiger partial charge in [0.1, 0.15) is 20.3 Å².